The van der Waals surface area contributed by atoms with Crippen molar-refractivity contribution < 1.29 is 9.26 Å². The van der Waals surface area contributed by atoms with Gasteiger partial charge < -0.3 is 9.26 Å². The molecule has 2 aromatic heterocycles. The normalized spacial score (nSPS) is 23.0. The SMILES string of the molecule is CCCc1nc(CN2C[C@@H](OC)[C@H](c3cn[nH]n3)C2)no1. The van der Waals surface area contributed by atoms with E-state index in [-0.39, 0.29) is 12.0 Å². The predicted molar refractivity (Wildman–Crippen MR) is 73.5 cm³/mol. The van der Waals surface area contributed by atoms with Crippen molar-refractivity contribution in [1.82, 2.24) is 30.5 Å². The fourth-order valence-electron chi connectivity index (χ4n) is 2.76. The Morgan fingerprint density at radius 2 is 2.38 bits per heavy atom. The highest BCUT2D eigenvalue weighted by Gasteiger charge is 2.36. The molecule has 8 heteroatoms. The van der Waals surface area contributed by atoms with Crippen LogP contribution in [0.5, 0.6) is 0 Å². The van der Waals surface area contributed by atoms with Gasteiger partial charge in [-0.3, -0.25) is 4.90 Å². The number of aromatic amines is 1. The second-order valence-corrected chi connectivity index (χ2v) is 5.32. The standard InChI is InChI=1S/C13H20N6O2/c1-3-4-13-15-12(17-21-13)8-19-6-9(11(7-19)20-2)10-5-14-18-16-10/h5,9,11H,3-4,6-8H2,1-2H3,(H,14,16,18)/t9-,11+/m0/s1. The molecule has 1 aliphatic heterocycles. The smallest absolute Gasteiger partial charge is 0.226 e. The molecule has 0 unspecified atom stereocenters. The lowest BCUT2D eigenvalue weighted by atomic mass is 10.0. The zero-order valence-electron chi connectivity index (χ0n) is 12.3. The van der Waals surface area contributed by atoms with Gasteiger partial charge in [0.15, 0.2) is 5.82 Å². The molecule has 0 saturated carbocycles. The third-order valence-electron chi connectivity index (χ3n) is 3.80. The van der Waals surface area contributed by atoms with Crippen LogP contribution in [0.3, 0.4) is 0 Å². The van der Waals surface area contributed by atoms with Gasteiger partial charge in [0.1, 0.15) is 0 Å². The minimum atomic E-state index is 0.108. The summed E-state index contributed by atoms with van der Waals surface area (Å²) in [6.45, 7) is 4.44. The summed E-state index contributed by atoms with van der Waals surface area (Å²) in [5.74, 6) is 1.66. The van der Waals surface area contributed by atoms with E-state index in [1.54, 1.807) is 13.3 Å². The summed E-state index contributed by atoms with van der Waals surface area (Å²) in [6, 6.07) is 0. The summed E-state index contributed by atoms with van der Waals surface area (Å²) in [7, 11) is 1.73. The second kappa shape index (κ2) is 6.31. The van der Waals surface area contributed by atoms with E-state index in [4.69, 9.17) is 9.26 Å². The average Bonchev–Trinajstić information content (AvgIpc) is 3.19. The highest BCUT2D eigenvalue weighted by molar-refractivity contribution is 5.09. The number of methoxy groups -OCH3 is 1. The molecule has 0 spiro atoms. The molecular formula is C13H20N6O2. The van der Waals surface area contributed by atoms with E-state index < -0.39 is 0 Å². The fourth-order valence-corrected chi connectivity index (χ4v) is 2.76. The molecule has 0 aromatic carbocycles. The minimum Gasteiger partial charge on any atom is -0.379 e. The monoisotopic (exact) mass is 292 g/mol. The molecule has 2 aromatic rings. The lowest BCUT2D eigenvalue weighted by Crippen LogP contribution is -2.23. The van der Waals surface area contributed by atoms with E-state index in [9.17, 15) is 0 Å². The van der Waals surface area contributed by atoms with Crippen LogP contribution in [-0.2, 0) is 17.7 Å². The zero-order chi connectivity index (χ0) is 14.7. The summed E-state index contributed by atoms with van der Waals surface area (Å²) < 4.78 is 10.8. The molecule has 3 rings (SSSR count). The Labute approximate surface area is 122 Å². The number of rotatable bonds is 6. The van der Waals surface area contributed by atoms with Crippen LogP contribution in [0.25, 0.3) is 0 Å². The second-order valence-electron chi connectivity index (χ2n) is 5.32. The average molecular weight is 292 g/mol. The number of ether oxygens (including phenoxy) is 1. The van der Waals surface area contributed by atoms with Crippen molar-refractivity contribution in [1.29, 1.82) is 0 Å². The third-order valence-corrected chi connectivity index (χ3v) is 3.80. The fraction of sp³-hybridized carbons (Fsp3) is 0.692. The summed E-state index contributed by atoms with van der Waals surface area (Å²) in [5.41, 5.74) is 0.934. The maximum Gasteiger partial charge on any atom is 0.226 e. The minimum absolute atomic E-state index is 0.108. The summed E-state index contributed by atoms with van der Waals surface area (Å²) in [4.78, 5) is 6.67. The molecule has 0 aliphatic carbocycles. The Hall–Kier alpha value is -1.80. The Kier molecular flexibility index (Phi) is 4.26. The van der Waals surface area contributed by atoms with Crippen LogP contribution in [0.2, 0.25) is 0 Å². The number of aromatic nitrogens is 5. The zero-order valence-corrected chi connectivity index (χ0v) is 12.3. The molecule has 0 bridgehead atoms. The van der Waals surface area contributed by atoms with E-state index >= 15 is 0 Å². The van der Waals surface area contributed by atoms with Crippen LogP contribution in [0, 0.1) is 0 Å². The number of aryl methyl sites for hydroxylation is 1. The van der Waals surface area contributed by atoms with Crippen LogP contribution >= 0.6 is 0 Å². The number of hydrogen-bond acceptors (Lipinski definition) is 7. The molecule has 0 amide bonds. The van der Waals surface area contributed by atoms with Gasteiger partial charge in [-0.15, -0.1) is 0 Å². The number of likely N-dealkylation sites (tertiary alicyclic amines) is 1. The first-order chi connectivity index (χ1) is 10.3. The van der Waals surface area contributed by atoms with Gasteiger partial charge >= 0.3 is 0 Å². The molecular weight excluding hydrogens is 272 g/mol. The van der Waals surface area contributed by atoms with Gasteiger partial charge in [-0.05, 0) is 6.42 Å². The first-order valence-corrected chi connectivity index (χ1v) is 7.22. The largest absolute Gasteiger partial charge is 0.379 e. The molecule has 21 heavy (non-hydrogen) atoms. The van der Waals surface area contributed by atoms with Crippen LogP contribution in [-0.4, -0.2) is 56.8 Å². The Bertz CT molecular complexity index is 555. The first-order valence-electron chi connectivity index (χ1n) is 7.22. The van der Waals surface area contributed by atoms with Crippen LogP contribution in [0.15, 0.2) is 10.7 Å². The summed E-state index contributed by atoms with van der Waals surface area (Å²) in [5, 5.41) is 14.7. The van der Waals surface area contributed by atoms with Crippen molar-refractivity contribution in [2.45, 2.75) is 38.3 Å². The molecule has 2 atom stereocenters. The van der Waals surface area contributed by atoms with E-state index in [0.717, 1.165) is 37.4 Å². The molecule has 1 aliphatic rings. The Morgan fingerprint density at radius 1 is 1.48 bits per heavy atom. The van der Waals surface area contributed by atoms with Crippen LogP contribution in [0.4, 0.5) is 0 Å². The maximum atomic E-state index is 5.57. The number of H-pyrrole nitrogens is 1. The highest BCUT2D eigenvalue weighted by atomic mass is 16.5. The van der Waals surface area contributed by atoms with E-state index in [0.29, 0.717) is 12.4 Å². The van der Waals surface area contributed by atoms with Gasteiger partial charge in [-0.25, -0.2) is 0 Å². The van der Waals surface area contributed by atoms with Crippen LogP contribution < -0.4 is 0 Å². The van der Waals surface area contributed by atoms with Gasteiger partial charge in [0.25, 0.3) is 0 Å². The van der Waals surface area contributed by atoms with Crippen molar-refractivity contribution in [3.8, 4) is 0 Å². The molecule has 3 heterocycles. The number of nitrogens with one attached hydrogen (secondary N) is 1. The van der Waals surface area contributed by atoms with Crippen molar-refractivity contribution >= 4 is 0 Å². The van der Waals surface area contributed by atoms with Crippen LogP contribution in [0.1, 0.15) is 36.7 Å². The molecule has 8 nitrogen and oxygen atoms in total. The van der Waals surface area contributed by atoms with Crippen molar-refractivity contribution in [2.24, 2.45) is 0 Å². The lowest BCUT2D eigenvalue weighted by molar-refractivity contribution is 0.0954. The van der Waals surface area contributed by atoms with E-state index in [2.05, 4.69) is 37.4 Å². The van der Waals surface area contributed by atoms with Crippen molar-refractivity contribution in [3.63, 3.8) is 0 Å². The predicted octanol–water partition coefficient (Wildman–Crippen LogP) is 0.755. The van der Waals surface area contributed by atoms with E-state index in [1.807, 2.05) is 0 Å². The topological polar surface area (TPSA) is 93.0 Å². The molecule has 1 fully saturated rings. The van der Waals surface area contributed by atoms with Gasteiger partial charge in [0, 0.05) is 32.5 Å². The highest BCUT2D eigenvalue weighted by Crippen LogP contribution is 2.28. The third kappa shape index (κ3) is 3.11. The number of nitrogens with zero attached hydrogens (tertiary/aromatic N) is 5. The number of hydrogen-bond donors (Lipinski definition) is 1. The quantitative estimate of drug-likeness (QED) is 0.839. The van der Waals surface area contributed by atoms with Gasteiger partial charge in [-0.1, -0.05) is 12.1 Å². The van der Waals surface area contributed by atoms with E-state index in [1.165, 1.54) is 0 Å². The summed E-state index contributed by atoms with van der Waals surface area (Å²) >= 11 is 0. The first kappa shape index (κ1) is 14.2. The molecule has 114 valence electrons. The van der Waals surface area contributed by atoms with Crippen molar-refractivity contribution in [3.05, 3.63) is 23.6 Å². The molecule has 0 radical (unpaired) electrons. The van der Waals surface area contributed by atoms with Gasteiger partial charge in [0.2, 0.25) is 5.89 Å². The summed E-state index contributed by atoms with van der Waals surface area (Å²) in [6.07, 6.45) is 3.70. The molecule has 1 N–H and O–H groups in total. The van der Waals surface area contributed by atoms with Crippen molar-refractivity contribution in [2.75, 3.05) is 20.2 Å². The Balaban J connectivity index is 1.64. The maximum absolute atomic E-state index is 5.57. The van der Waals surface area contributed by atoms with Gasteiger partial charge in [-0.2, -0.15) is 20.4 Å². The van der Waals surface area contributed by atoms with Gasteiger partial charge in [0.05, 0.1) is 24.5 Å². The molecule has 1 saturated heterocycles. The Morgan fingerprint density at radius 3 is 3.10 bits per heavy atom. The lowest BCUT2D eigenvalue weighted by Gasteiger charge is -2.13.